The monoisotopic (exact) mass is 318 g/mol. The minimum Gasteiger partial charge on any atom is -0.444 e. The van der Waals surface area contributed by atoms with Gasteiger partial charge in [-0.05, 0) is 26.3 Å². The third kappa shape index (κ3) is 2.28. The number of β-lactam (4-membered cyclic amide) rings is 1. The van der Waals surface area contributed by atoms with Gasteiger partial charge in [0, 0.05) is 13.7 Å². The zero-order valence-corrected chi connectivity index (χ0v) is 13.9. The van der Waals surface area contributed by atoms with E-state index in [1.54, 1.807) is 16.7 Å². The van der Waals surface area contributed by atoms with Crippen LogP contribution in [-0.2, 0) is 20.9 Å². The molecule has 1 aromatic rings. The highest BCUT2D eigenvalue weighted by molar-refractivity contribution is 5.95. The summed E-state index contributed by atoms with van der Waals surface area (Å²) in [5, 5.41) is 0. The summed E-state index contributed by atoms with van der Waals surface area (Å²) in [4.78, 5) is 28.2. The number of hydrogen-bond acceptors (Lipinski definition) is 4. The minimum absolute atomic E-state index is 0.0895. The normalized spacial score (nSPS) is 28.3. The van der Waals surface area contributed by atoms with Crippen molar-refractivity contribution in [2.24, 2.45) is 0 Å². The number of carbonyl (C=O) groups excluding carboxylic acids is 2. The highest BCUT2D eigenvalue weighted by atomic mass is 16.6. The van der Waals surface area contributed by atoms with Gasteiger partial charge in [0.1, 0.15) is 12.8 Å². The van der Waals surface area contributed by atoms with E-state index < -0.39 is 23.4 Å². The predicted molar refractivity (Wildman–Crippen MR) is 83.5 cm³/mol. The Kier molecular flexibility index (Phi) is 3.59. The second kappa shape index (κ2) is 5.23. The molecule has 0 aliphatic carbocycles. The molecule has 124 valence electrons. The standard InChI is InChI=1S/C17H22N2O4/c1-16(2)11-18(13-17(3,22-4)14(20)19(13)16)15(21)23-10-12-8-6-5-7-9-12/h5-9,13H,10-11H2,1-4H3/t13?,17-/m1/s1. The number of hydrogen-bond donors (Lipinski definition) is 0. The zero-order valence-electron chi connectivity index (χ0n) is 13.9. The molecule has 0 bridgehead atoms. The van der Waals surface area contributed by atoms with Gasteiger partial charge in [0.05, 0.1) is 5.54 Å². The smallest absolute Gasteiger partial charge is 0.411 e. The Morgan fingerprint density at radius 1 is 1.26 bits per heavy atom. The van der Waals surface area contributed by atoms with Crippen LogP contribution in [0.3, 0.4) is 0 Å². The van der Waals surface area contributed by atoms with Crippen molar-refractivity contribution in [3.8, 4) is 0 Å². The maximum atomic E-state index is 12.5. The van der Waals surface area contributed by atoms with Crippen LogP contribution >= 0.6 is 0 Å². The molecule has 0 spiro atoms. The molecule has 2 aliphatic heterocycles. The highest BCUT2D eigenvalue weighted by Crippen LogP contribution is 2.46. The van der Waals surface area contributed by atoms with E-state index in [2.05, 4.69) is 0 Å². The SMILES string of the molecule is CO[C@@]1(C)C(=O)N2C1N(C(=O)OCc1ccccc1)CC2(C)C. The second-order valence-electron chi connectivity index (χ2n) is 6.84. The molecule has 2 atom stereocenters. The highest BCUT2D eigenvalue weighted by Gasteiger charge is 2.69. The summed E-state index contributed by atoms with van der Waals surface area (Å²) in [6.45, 7) is 6.24. The summed E-state index contributed by atoms with van der Waals surface area (Å²) in [5.74, 6) is -0.0895. The molecule has 2 heterocycles. The first-order chi connectivity index (χ1) is 10.8. The van der Waals surface area contributed by atoms with E-state index in [1.807, 2.05) is 44.2 Å². The number of amides is 2. The van der Waals surface area contributed by atoms with E-state index in [9.17, 15) is 9.59 Å². The first-order valence-electron chi connectivity index (χ1n) is 7.67. The van der Waals surface area contributed by atoms with Crippen LogP contribution in [0.15, 0.2) is 30.3 Å². The quantitative estimate of drug-likeness (QED) is 0.800. The van der Waals surface area contributed by atoms with Gasteiger partial charge in [-0.25, -0.2) is 4.79 Å². The van der Waals surface area contributed by atoms with Gasteiger partial charge in [-0.3, -0.25) is 9.69 Å². The van der Waals surface area contributed by atoms with Gasteiger partial charge in [0.25, 0.3) is 5.91 Å². The Labute approximate surface area is 136 Å². The largest absolute Gasteiger partial charge is 0.444 e. The number of carbonyl (C=O) groups is 2. The molecule has 0 saturated carbocycles. The van der Waals surface area contributed by atoms with E-state index in [1.165, 1.54) is 7.11 Å². The van der Waals surface area contributed by atoms with Crippen LogP contribution in [0, 0.1) is 0 Å². The fourth-order valence-corrected chi connectivity index (χ4v) is 3.42. The van der Waals surface area contributed by atoms with Crippen molar-refractivity contribution in [3.05, 3.63) is 35.9 Å². The zero-order chi connectivity index (χ0) is 16.8. The molecule has 1 unspecified atom stereocenters. The number of rotatable bonds is 3. The van der Waals surface area contributed by atoms with Crippen LogP contribution in [0.4, 0.5) is 4.79 Å². The van der Waals surface area contributed by atoms with Crippen molar-refractivity contribution in [1.29, 1.82) is 0 Å². The van der Waals surface area contributed by atoms with Crippen LogP contribution in [-0.4, -0.2) is 52.8 Å². The Hall–Kier alpha value is -2.08. The van der Waals surface area contributed by atoms with E-state index in [-0.39, 0.29) is 12.5 Å². The first-order valence-corrected chi connectivity index (χ1v) is 7.67. The van der Waals surface area contributed by atoms with Gasteiger partial charge in [-0.1, -0.05) is 30.3 Å². The third-order valence-corrected chi connectivity index (χ3v) is 4.75. The number of benzene rings is 1. The molecule has 6 heteroatoms. The topological polar surface area (TPSA) is 59.1 Å². The molecule has 2 saturated heterocycles. The van der Waals surface area contributed by atoms with Crippen LogP contribution in [0.1, 0.15) is 26.3 Å². The second-order valence-corrected chi connectivity index (χ2v) is 6.84. The Bertz CT molecular complexity index is 631. The van der Waals surface area contributed by atoms with Crippen molar-refractivity contribution in [2.75, 3.05) is 13.7 Å². The maximum absolute atomic E-state index is 12.5. The summed E-state index contributed by atoms with van der Waals surface area (Å²) < 4.78 is 10.8. The lowest BCUT2D eigenvalue weighted by Crippen LogP contribution is -2.77. The maximum Gasteiger partial charge on any atom is 0.411 e. The molecule has 0 N–H and O–H groups in total. The average molecular weight is 318 g/mol. The predicted octanol–water partition coefficient (Wildman–Crippen LogP) is 1.99. The fourth-order valence-electron chi connectivity index (χ4n) is 3.42. The van der Waals surface area contributed by atoms with Crippen molar-refractivity contribution in [1.82, 2.24) is 9.80 Å². The van der Waals surface area contributed by atoms with Gasteiger partial charge in [0.15, 0.2) is 5.60 Å². The minimum atomic E-state index is -1.00. The van der Waals surface area contributed by atoms with E-state index >= 15 is 0 Å². The lowest BCUT2D eigenvalue weighted by atomic mass is 9.87. The molecule has 6 nitrogen and oxygen atoms in total. The Morgan fingerprint density at radius 2 is 1.91 bits per heavy atom. The summed E-state index contributed by atoms with van der Waals surface area (Å²) in [7, 11) is 1.49. The Balaban J connectivity index is 1.74. The third-order valence-electron chi connectivity index (χ3n) is 4.75. The van der Waals surface area contributed by atoms with Crippen LogP contribution in [0.2, 0.25) is 0 Å². The summed E-state index contributed by atoms with van der Waals surface area (Å²) in [6.07, 6.45) is -0.844. The first kappa shape index (κ1) is 15.8. The molecular weight excluding hydrogens is 296 g/mol. The van der Waals surface area contributed by atoms with Crippen molar-refractivity contribution in [2.45, 2.75) is 44.7 Å². The van der Waals surface area contributed by atoms with Crippen molar-refractivity contribution < 1.29 is 19.1 Å². The van der Waals surface area contributed by atoms with Crippen LogP contribution in [0.5, 0.6) is 0 Å². The van der Waals surface area contributed by atoms with Gasteiger partial charge < -0.3 is 14.4 Å². The molecule has 3 rings (SSSR count). The van der Waals surface area contributed by atoms with Gasteiger partial charge in [0.2, 0.25) is 0 Å². The molecule has 1 aromatic carbocycles. The number of ether oxygens (including phenoxy) is 2. The molecule has 0 aromatic heterocycles. The summed E-state index contributed by atoms with van der Waals surface area (Å²) in [5.41, 5.74) is -0.499. The number of fused-ring (bicyclic) bond motifs is 1. The van der Waals surface area contributed by atoms with Gasteiger partial charge in [-0.15, -0.1) is 0 Å². The summed E-state index contributed by atoms with van der Waals surface area (Å²) in [6, 6.07) is 9.52. The summed E-state index contributed by atoms with van der Waals surface area (Å²) >= 11 is 0. The molecule has 2 aliphatic rings. The molecular formula is C17H22N2O4. The van der Waals surface area contributed by atoms with Crippen LogP contribution in [0.25, 0.3) is 0 Å². The van der Waals surface area contributed by atoms with Crippen molar-refractivity contribution >= 4 is 12.0 Å². The van der Waals surface area contributed by atoms with E-state index in [0.717, 1.165) is 5.56 Å². The average Bonchev–Trinajstić information content (AvgIpc) is 2.82. The van der Waals surface area contributed by atoms with Gasteiger partial charge >= 0.3 is 6.09 Å². The molecule has 2 fully saturated rings. The van der Waals surface area contributed by atoms with E-state index in [4.69, 9.17) is 9.47 Å². The lowest BCUT2D eigenvalue weighted by Gasteiger charge is -2.54. The van der Waals surface area contributed by atoms with Gasteiger partial charge in [-0.2, -0.15) is 0 Å². The molecule has 0 radical (unpaired) electrons. The molecule has 23 heavy (non-hydrogen) atoms. The fraction of sp³-hybridized carbons (Fsp3) is 0.529. The van der Waals surface area contributed by atoms with Crippen molar-refractivity contribution in [3.63, 3.8) is 0 Å². The molecule has 2 amide bonds. The number of methoxy groups -OCH3 is 1. The van der Waals surface area contributed by atoms with Crippen LogP contribution < -0.4 is 0 Å². The van der Waals surface area contributed by atoms with E-state index in [0.29, 0.717) is 6.54 Å². The number of nitrogens with zero attached hydrogens (tertiary/aromatic N) is 2. The lowest BCUT2D eigenvalue weighted by molar-refractivity contribution is -0.207. The Morgan fingerprint density at radius 3 is 2.52 bits per heavy atom.